The first-order valence-corrected chi connectivity index (χ1v) is 7.89. The predicted octanol–water partition coefficient (Wildman–Crippen LogP) is 4.42. The number of ether oxygens (including phenoxy) is 1. The van der Waals surface area contributed by atoms with Gasteiger partial charge in [0.25, 0.3) is 0 Å². The van der Waals surface area contributed by atoms with Gasteiger partial charge in [0, 0.05) is 18.7 Å². The van der Waals surface area contributed by atoms with E-state index in [-0.39, 0.29) is 5.82 Å². The highest BCUT2D eigenvalue weighted by molar-refractivity contribution is 9.10. The summed E-state index contributed by atoms with van der Waals surface area (Å²) in [5, 5.41) is 3.51. The summed E-state index contributed by atoms with van der Waals surface area (Å²) in [6.45, 7) is 1.31. The molecule has 2 aromatic rings. The molecule has 110 valence electrons. The molecule has 1 N–H and O–H groups in total. The minimum atomic E-state index is -0.309. The van der Waals surface area contributed by atoms with E-state index in [0.29, 0.717) is 22.9 Å². The van der Waals surface area contributed by atoms with E-state index in [0.717, 1.165) is 12.1 Å². The minimum Gasteiger partial charge on any atom is -0.489 e. The van der Waals surface area contributed by atoms with Crippen molar-refractivity contribution in [3.63, 3.8) is 0 Å². The zero-order chi connectivity index (χ0) is 14.7. The lowest BCUT2D eigenvalue weighted by Crippen LogP contribution is -2.16. The van der Waals surface area contributed by atoms with Crippen molar-refractivity contribution >= 4 is 15.9 Å². The second-order valence-electron chi connectivity index (χ2n) is 5.29. The fourth-order valence-corrected chi connectivity index (χ4v) is 2.39. The van der Waals surface area contributed by atoms with Crippen molar-refractivity contribution in [2.45, 2.75) is 32.0 Å². The molecule has 4 heteroatoms. The molecule has 1 saturated carbocycles. The van der Waals surface area contributed by atoms with E-state index in [9.17, 15) is 4.39 Å². The van der Waals surface area contributed by atoms with Crippen LogP contribution in [0.25, 0.3) is 0 Å². The van der Waals surface area contributed by atoms with Gasteiger partial charge in [-0.2, -0.15) is 0 Å². The van der Waals surface area contributed by atoms with E-state index in [1.165, 1.54) is 24.5 Å². The third kappa shape index (κ3) is 4.05. The molecule has 0 saturated heterocycles. The molecule has 3 rings (SSSR count). The maximum Gasteiger partial charge on any atom is 0.141 e. The largest absolute Gasteiger partial charge is 0.489 e. The molecule has 0 radical (unpaired) electrons. The summed E-state index contributed by atoms with van der Waals surface area (Å²) >= 11 is 3.14. The molecular formula is C17H17BrFNO. The number of rotatable bonds is 6. The average molecular weight is 350 g/mol. The molecule has 2 nitrogen and oxygen atoms in total. The van der Waals surface area contributed by atoms with Crippen LogP contribution in [0.1, 0.15) is 24.0 Å². The van der Waals surface area contributed by atoms with Crippen LogP contribution in [0.15, 0.2) is 46.9 Å². The first-order valence-electron chi connectivity index (χ1n) is 7.10. The van der Waals surface area contributed by atoms with Crippen molar-refractivity contribution in [2.24, 2.45) is 0 Å². The van der Waals surface area contributed by atoms with Crippen LogP contribution in [0, 0.1) is 5.82 Å². The molecule has 1 aliphatic carbocycles. The van der Waals surface area contributed by atoms with Gasteiger partial charge in [0.1, 0.15) is 18.2 Å². The Hall–Kier alpha value is -1.39. The molecule has 0 spiro atoms. The second kappa shape index (κ2) is 6.58. The third-order valence-electron chi connectivity index (χ3n) is 3.56. The molecule has 0 aromatic heterocycles. The number of hydrogen-bond acceptors (Lipinski definition) is 2. The molecule has 1 fully saturated rings. The summed E-state index contributed by atoms with van der Waals surface area (Å²) in [6.07, 6.45) is 2.55. The van der Waals surface area contributed by atoms with Gasteiger partial charge in [0.05, 0.1) is 4.47 Å². The van der Waals surface area contributed by atoms with Gasteiger partial charge in [0.15, 0.2) is 0 Å². The average Bonchev–Trinajstić information content (AvgIpc) is 3.31. The Morgan fingerprint density at radius 3 is 2.62 bits per heavy atom. The van der Waals surface area contributed by atoms with Crippen molar-refractivity contribution in [3.8, 4) is 5.75 Å². The van der Waals surface area contributed by atoms with Gasteiger partial charge in [-0.3, -0.25) is 0 Å². The van der Waals surface area contributed by atoms with Crippen molar-refractivity contribution < 1.29 is 9.13 Å². The van der Waals surface area contributed by atoms with Crippen molar-refractivity contribution in [3.05, 3.63) is 63.9 Å². The highest BCUT2D eigenvalue weighted by atomic mass is 79.9. The Labute approximate surface area is 132 Å². The van der Waals surface area contributed by atoms with E-state index in [1.54, 1.807) is 12.1 Å². The lowest BCUT2D eigenvalue weighted by molar-refractivity contribution is 0.303. The number of halogens is 2. The lowest BCUT2D eigenvalue weighted by Gasteiger charge is -2.12. The summed E-state index contributed by atoms with van der Waals surface area (Å²) in [7, 11) is 0. The monoisotopic (exact) mass is 349 g/mol. The highest BCUT2D eigenvalue weighted by Gasteiger charge is 2.20. The predicted molar refractivity (Wildman–Crippen MR) is 84.7 cm³/mol. The van der Waals surface area contributed by atoms with Crippen LogP contribution < -0.4 is 10.1 Å². The maximum atomic E-state index is 13.5. The summed E-state index contributed by atoms with van der Waals surface area (Å²) in [6, 6.07) is 13.7. The van der Waals surface area contributed by atoms with E-state index >= 15 is 0 Å². The minimum absolute atomic E-state index is 0.309. The standard InChI is InChI=1S/C17H17BrFNO/c18-16-8-7-15(9-17(16)19)21-11-13-4-2-1-3-12(13)10-20-14-5-6-14/h1-4,7-9,14,20H,5-6,10-11H2. The molecule has 0 heterocycles. The number of nitrogens with one attached hydrogen (secondary N) is 1. The molecule has 21 heavy (non-hydrogen) atoms. The van der Waals surface area contributed by atoms with Crippen LogP contribution in [0.3, 0.4) is 0 Å². The normalized spacial score (nSPS) is 14.2. The fraction of sp³-hybridized carbons (Fsp3) is 0.294. The summed E-state index contributed by atoms with van der Waals surface area (Å²) < 4.78 is 19.6. The Morgan fingerprint density at radius 2 is 1.90 bits per heavy atom. The van der Waals surface area contributed by atoms with Crippen LogP contribution in [0.5, 0.6) is 5.75 Å². The molecule has 0 bridgehead atoms. The van der Waals surface area contributed by atoms with Gasteiger partial charge in [-0.05, 0) is 52.0 Å². The molecule has 0 amide bonds. The lowest BCUT2D eigenvalue weighted by atomic mass is 10.1. The van der Waals surface area contributed by atoms with Crippen molar-refractivity contribution in [1.82, 2.24) is 5.32 Å². The topological polar surface area (TPSA) is 21.3 Å². The molecule has 2 aromatic carbocycles. The van der Waals surface area contributed by atoms with Crippen LogP contribution in [-0.4, -0.2) is 6.04 Å². The summed E-state index contributed by atoms with van der Waals surface area (Å²) in [5.41, 5.74) is 2.37. The summed E-state index contributed by atoms with van der Waals surface area (Å²) in [4.78, 5) is 0. The Kier molecular flexibility index (Phi) is 4.56. The molecule has 0 atom stereocenters. The van der Waals surface area contributed by atoms with Crippen LogP contribution >= 0.6 is 15.9 Å². The van der Waals surface area contributed by atoms with Crippen molar-refractivity contribution in [2.75, 3.05) is 0 Å². The quantitative estimate of drug-likeness (QED) is 0.833. The maximum absolute atomic E-state index is 13.5. The van der Waals surface area contributed by atoms with Gasteiger partial charge in [-0.25, -0.2) is 4.39 Å². The van der Waals surface area contributed by atoms with E-state index < -0.39 is 0 Å². The highest BCUT2D eigenvalue weighted by Crippen LogP contribution is 2.23. The first kappa shape index (κ1) is 14.5. The van der Waals surface area contributed by atoms with Crippen molar-refractivity contribution in [1.29, 1.82) is 0 Å². The zero-order valence-corrected chi connectivity index (χ0v) is 13.2. The second-order valence-corrected chi connectivity index (χ2v) is 6.14. The van der Waals surface area contributed by atoms with Crippen LogP contribution in [-0.2, 0) is 13.2 Å². The van der Waals surface area contributed by atoms with E-state index in [1.807, 2.05) is 12.1 Å². The first-order chi connectivity index (χ1) is 10.2. The molecule has 0 aliphatic heterocycles. The van der Waals surface area contributed by atoms with E-state index in [2.05, 4.69) is 33.4 Å². The van der Waals surface area contributed by atoms with Crippen LogP contribution in [0.4, 0.5) is 4.39 Å². The Bertz CT molecular complexity index is 628. The SMILES string of the molecule is Fc1cc(OCc2ccccc2CNC2CC2)ccc1Br. The number of benzene rings is 2. The fourth-order valence-electron chi connectivity index (χ4n) is 2.14. The van der Waals surface area contributed by atoms with Crippen LogP contribution in [0.2, 0.25) is 0 Å². The van der Waals surface area contributed by atoms with Gasteiger partial charge < -0.3 is 10.1 Å². The smallest absolute Gasteiger partial charge is 0.141 e. The van der Waals surface area contributed by atoms with Gasteiger partial charge in [0.2, 0.25) is 0 Å². The zero-order valence-electron chi connectivity index (χ0n) is 11.6. The third-order valence-corrected chi connectivity index (χ3v) is 4.21. The number of hydrogen-bond donors (Lipinski definition) is 1. The summed E-state index contributed by atoms with van der Waals surface area (Å²) in [5.74, 6) is 0.233. The molecule has 1 aliphatic rings. The van der Waals surface area contributed by atoms with Gasteiger partial charge in [-0.1, -0.05) is 24.3 Å². The van der Waals surface area contributed by atoms with Gasteiger partial charge in [-0.15, -0.1) is 0 Å². The molecular weight excluding hydrogens is 333 g/mol. The Balaban J connectivity index is 1.64. The van der Waals surface area contributed by atoms with E-state index in [4.69, 9.17) is 4.74 Å². The molecule has 0 unspecified atom stereocenters. The Morgan fingerprint density at radius 1 is 1.14 bits per heavy atom. The van der Waals surface area contributed by atoms with Gasteiger partial charge >= 0.3 is 0 Å².